The van der Waals surface area contributed by atoms with Crippen molar-refractivity contribution in [1.82, 2.24) is 15.1 Å². The summed E-state index contributed by atoms with van der Waals surface area (Å²) >= 11 is 0. The van der Waals surface area contributed by atoms with Crippen LogP contribution in [-0.2, 0) is 35.1 Å². The Balaban J connectivity index is 1.48. The van der Waals surface area contributed by atoms with Gasteiger partial charge >= 0.3 is 5.97 Å². The summed E-state index contributed by atoms with van der Waals surface area (Å²) < 4.78 is 12.8. The van der Waals surface area contributed by atoms with Crippen molar-refractivity contribution in [3.05, 3.63) is 97.1 Å². The van der Waals surface area contributed by atoms with Crippen LogP contribution in [0.1, 0.15) is 62.7 Å². The van der Waals surface area contributed by atoms with Crippen LogP contribution in [0.5, 0.6) is 0 Å². The van der Waals surface area contributed by atoms with Crippen molar-refractivity contribution in [3.63, 3.8) is 0 Å². The highest BCUT2D eigenvalue weighted by Crippen LogP contribution is 2.59. The Kier molecular flexibility index (Phi) is 12.1. The van der Waals surface area contributed by atoms with Crippen molar-refractivity contribution in [2.24, 2.45) is 11.8 Å². The van der Waals surface area contributed by atoms with Gasteiger partial charge in [0.15, 0.2) is 0 Å². The molecular weight excluding hydrogens is 622 g/mol. The van der Waals surface area contributed by atoms with E-state index in [1.807, 2.05) is 67.6 Å². The number of allylic oxidation sites excluding steroid dienone is 1. The second-order valence-corrected chi connectivity index (χ2v) is 13.2. The molecule has 3 heterocycles. The summed E-state index contributed by atoms with van der Waals surface area (Å²) in [7, 11) is 0. The minimum Gasteiger partial charge on any atom is -0.455 e. The Hall–Kier alpha value is -4.28. The number of aliphatic hydroxyl groups excluding tert-OH is 1. The van der Waals surface area contributed by atoms with E-state index in [0.717, 1.165) is 18.4 Å². The van der Waals surface area contributed by atoms with E-state index in [2.05, 4.69) is 18.5 Å². The number of esters is 1. The van der Waals surface area contributed by atoms with Gasteiger partial charge in [-0.25, -0.2) is 0 Å². The van der Waals surface area contributed by atoms with Gasteiger partial charge in [0.1, 0.15) is 17.7 Å². The van der Waals surface area contributed by atoms with E-state index in [1.165, 1.54) is 4.90 Å². The van der Waals surface area contributed by atoms with Crippen LogP contribution in [0.15, 0.2) is 86.0 Å². The molecule has 5 rings (SSSR count). The largest absolute Gasteiger partial charge is 0.455 e. The maximum Gasteiger partial charge on any atom is 0.313 e. The van der Waals surface area contributed by atoms with E-state index < -0.39 is 47.7 Å². The Labute approximate surface area is 289 Å². The lowest BCUT2D eigenvalue weighted by atomic mass is 9.70. The number of benzene rings is 2. The van der Waals surface area contributed by atoms with Crippen LogP contribution < -0.4 is 5.32 Å². The van der Waals surface area contributed by atoms with Crippen molar-refractivity contribution in [2.75, 3.05) is 26.2 Å². The second kappa shape index (κ2) is 16.4. The highest BCUT2D eigenvalue weighted by Gasteiger charge is 2.75. The predicted octanol–water partition coefficient (Wildman–Crippen LogP) is 4.15. The zero-order valence-corrected chi connectivity index (χ0v) is 28.4. The fourth-order valence-corrected chi connectivity index (χ4v) is 7.78. The molecular formula is C39H49N3O7. The van der Waals surface area contributed by atoms with Crippen LogP contribution in [0.25, 0.3) is 0 Å². The van der Waals surface area contributed by atoms with Gasteiger partial charge in [0, 0.05) is 19.5 Å². The molecule has 3 fully saturated rings. The number of nitrogens with zero attached hydrogens (tertiary/aromatic N) is 2. The topological polar surface area (TPSA) is 125 Å². The Morgan fingerprint density at radius 2 is 1.84 bits per heavy atom. The number of nitrogens with one attached hydrogen (secondary N) is 1. The first-order valence-electron chi connectivity index (χ1n) is 17.5. The number of amides is 3. The van der Waals surface area contributed by atoms with Crippen molar-refractivity contribution in [3.8, 4) is 0 Å². The summed E-state index contributed by atoms with van der Waals surface area (Å²) in [6, 6.07) is 16.9. The summed E-state index contributed by atoms with van der Waals surface area (Å²) in [6.45, 7) is 10.0. The minimum absolute atomic E-state index is 0.0541. The zero-order chi connectivity index (χ0) is 35.0. The summed E-state index contributed by atoms with van der Waals surface area (Å²) in [5.74, 6) is -3.38. The SMILES string of the molecule is C=CCCC(=O)NC[C@H](OC(=O)[C@@H]1[C@H]2C(=O)N([C@@H](CO)Cc3ccccc3)[C@H](C(=O)N(CC=C)CCCC)[C@]23CC[C@H]1O3)c1ccccc1. The van der Waals surface area contributed by atoms with Gasteiger partial charge < -0.3 is 29.7 Å². The maximum atomic E-state index is 14.7. The lowest BCUT2D eigenvalue weighted by molar-refractivity contribution is -0.161. The Bertz CT molecular complexity index is 1480. The van der Waals surface area contributed by atoms with Crippen LogP contribution >= 0.6 is 0 Å². The molecule has 0 aromatic heterocycles. The van der Waals surface area contributed by atoms with E-state index in [0.29, 0.717) is 44.3 Å². The molecule has 10 heteroatoms. The second-order valence-electron chi connectivity index (χ2n) is 13.2. The van der Waals surface area contributed by atoms with Crippen molar-refractivity contribution in [1.29, 1.82) is 0 Å². The van der Waals surface area contributed by atoms with Gasteiger partial charge in [0.05, 0.1) is 37.1 Å². The molecule has 3 saturated heterocycles. The Morgan fingerprint density at radius 1 is 1.12 bits per heavy atom. The number of hydrogen-bond donors (Lipinski definition) is 2. The van der Waals surface area contributed by atoms with E-state index in [9.17, 15) is 24.3 Å². The molecule has 0 unspecified atom stereocenters. The molecule has 2 aromatic carbocycles. The third kappa shape index (κ3) is 7.50. The van der Waals surface area contributed by atoms with Crippen LogP contribution in [0, 0.1) is 11.8 Å². The number of rotatable bonds is 18. The van der Waals surface area contributed by atoms with Crippen LogP contribution in [0.2, 0.25) is 0 Å². The molecule has 7 atom stereocenters. The van der Waals surface area contributed by atoms with Crippen LogP contribution in [0.3, 0.4) is 0 Å². The van der Waals surface area contributed by atoms with Gasteiger partial charge in [-0.1, -0.05) is 86.2 Å². The van der Waals surface area contributed by atoms with Gasteiger partial charge in [-0.15, -0.1) is 13.2 Å². The van der Waals surface area contributed by atoms with Gasteiger partial charge in [0.2, 0.25) is 17.7 Å². The molecule has 2 N–H and O–H groups in total. The fourth-order valence-electron chi connectivity index (χ4n) is 7.78. The average molecular weight is 672 g/mol. The number of hydrogen-bond acceptors (Lipinski definition) is 7. The summed E-state index contributed by atoms with van der Waals surface area (Å²) in [5, 5.41) is 13.6. The minimum atomic E-state index is -1.25. The molecule has 262 valence electrons. The maximum absolute atomic E-state index is 14.7. The number of carbonyl (C=O) groups is 4. The molecule has 1 spiro atoms. The van der Waals surface area contributed by atoms with E-state index in [-0.39, 0.29) is 37.3 Å². The van der Waals surface area contributed by atoms with Gasteiger partial charge in [-0.3, -0.25) is 19.2 Å². The first-order chi connectivity index (χ1) is 23.8. The van der Waals surface area contributed by atoms with Crippen LogP contribution in [0.4, 0.5) is 0 Å². The van der Waals surface area contributed by atoms with E-state index >= 15 is 0 Å². The number of unbranched alkanes of at least 4 members (excludes halogenated alkanes) is 1. The molecule has 0 aliphatic carbocycles. The van der Waals surface area contributed by atoms with Crippen molar-refractivity contribution < 1.29 is 33.8 Å². The highest BCUT2D eigenvalue weighted by atomic mass is 16.6. The third-order valence-electron chi connectivity index (χ3n) is 10.1. The third-order valence-corrected chi connectivity index (χ3v) is 10.1. The standard InChI is InChI=1S/C39H49N3O7/c1-4-7-19-32(44)40-25-31(28-17-13-10-14-18-28)48-38(47)33-30-20-21-39(49-30)34(33)36(45)42(29(26-43)24-27-15-11-9-12-16-27)35(39)37(46)41(22-6-3)23-8-5-2/h4,6,9-18,29-31,33-35,43H,1,3,5,7-8,19-26H2,2H3,(H,40,44)/t29-,30-,31+,33+,34+,35-,39+/m1/s1. The molecule has 2 aromatic rings. The first kappa shape index (κ1) is 36.0. The van der Waals surface area contributed by atoms with Crippen LogP contribution in [-0.4, -0.2) is 88.6 Å². The van der Waals surface area contributed by atoms with Gasteiger partial charge in [-0.05, 0) is 43.2 Å². The average Bonchev–Trinajstić information content (AvgIpc) is 3.77. The molecule has 3 aliphatic heterocycles. The normalized spacial score (nSPS) is 24.9. The zero-order valence-electron chi connectivity index (χ0n) is 28.4. The molecule has 2 bridgehead atoms. The molecule has 49 heavy (non-hydrogen) atoms. The summed E-state index contributed by atoms with van der Waals surface area (Å²) in [4.78, 5) is 59.3. The smallest absolute Gasteiger partial charge is 0.313 e. The lowest BCUT2D eigenvalue weighted by Crippen LogP contribution is -2.59. The number of fused-ring (bicyclic) bond motifs is 1. The lowest BCUT2D eigenvalue weighted by Gasteiger charge is -2.39. The first-order valence-corrected chi connectivity index (χ1v) is 17.5. The monoisotopic (exact) mass is 671 g/mol. The molecule has 10 nitrogen and oxygen atoms in total. The molecule has 0 radical (unpaired) electrons. The molecule has 3 aliphatic rings. The van der Waals surface area contributed by atoms with Gasteiger partial charge in [0.25, 0.3) is 0 Å². The number of aliphatic hydroxyl groups is 1. The molecule has 3 amide bonds. The number of ether oxygens (including phenoxy) is 2. The Morgan fingerprint density at radius 3 is 2.49 bits per heavy atom. The quantitative estimate of drug-likeness (QED) is 0.180. The summed E-state index contributed by atoms with van der Waals surface area (Å²) in [5.41, 5.74) is 0.357. The van der Waals surface area contributed by atoms with Crippen molar-refractivity contribution >= 4 is 23.7 Å². The fraction of sp³-hybridized carbons (Fsp3) is 0.487. The summed E-state index contributed by atoms with van der Waals surface area (Å²) in [6.07, 6.45) is 5.58. The van der Waals surface area contributed by atoms with Gasteiger partial charge in [-0.2, -0.15) is 0 Å². The van der Waals surface area contributed by atoms with E-state index in [1.54, 1.807) is 17.1 Å². The predicted molar refractivity (Wildman–Crippen MR) is 185 cm³/mol. The van der Waals surface area contributed by atoms with Crippen molar-refractivity contribution in [2.45, 2.75) is 81.8 Å². The van der Waals surface area contributed by atoms with E-state index in [4.69, 9.17) is 9.47 Å². The highest BCUT2D eigenvalue weighted by molar-refractivity contribution is 5.98. The molecule has 0 saturated carbocycles. The number of carbonyl (C=O) groups excluding carboxylic acids is 4. The number of likely N-dealkylation sites (tertiary alicyclic amines) is 1.